The van der Waals surface area contributed by atoms with Crippen LogP contribution in [0.25, 0.3) is 0 Å². The molecule has 1 heterocycles. The Bertz CT molecular complexity index is 306. The zero-order chi connectivity index (χ0) is 9.84. The average Bonchev–Trinajstić information content (AvgIpc) is 2.12. The Hall–Kier alpha value is -0.610. The van der Waals surface area contributed by atoms with Crippen molar-refractivity contribution in [1.82, 2.24) is 10.2 Å². The van der Waals surface area contributed by atoms with Gasteiger partial charge in [0.2, 0.25) is 0 Å². The van der Waals surface area contributed by atoms with E-state index in [4.69, 9.17) is 23.2 Å². The molecule has 0 fully saturated rings. The van der Waals surface area contributed by atoms with Crippen molar-refractivity contribution in [1.29, 1.82) is 0 Å². The van der Waals surface area contributed by atoms with E-state index in [0.717, 1.165) is 6.42 Å². The highest BCUT2D eigenvalue weighted by Crippen LogP contribution is 2.28. The van der Waals surface area contributed by atoms with Crippen molar-refractivity contribution in [2.24, 2.45) is 0 Å². The molecule has 13 heavy (non-hydrogen) atoms. The van der Waals surface area contributed by atoms with Crippen LogP contribution in [0.2, 0.25) is 10.2 Å². The first-order chi connectivity index (χ1) is 6.16. The molecule has 0 aliphatic rings. The minimum atomic E-state index is -0.733. The summed E-state index contributed by atoms with van der Waals surface area (Å²) in [4.78, 5) is 0. The van der Waals surface area contributed by atoms with Crippen LogP contribution >= 0.6 is 23.2 Å². The Kier molecular flexibility index (Phi) is 3.69. The van der Waals surface area contributed by atoms with Gasteiger partial charge in [0.05, 0.1) is 0 Å². The number of aromatic nitrogens is 2. The highest BCUT2D eigenvalue weighted by Gasteiger charge is 2.12. The molecule has 0 aromatic carbocycles. The first-order valence-corrected chi connectivity index (χ1v) is 4.53. The van der Waals surface area contributed by atoms with Gasteiger partial charge in [-0.05, 0) is 6.42 Å². The van der Waals surface area contributed by atoms with Crippen molar-refractivity contribution >= 4 is 28.9 Å². The minimum absolute atomic E-state index is 0.00155. The molecule has 0 amide bonds. The van der Waals surface area contributed by atoms with E-state index in [1.807, 2.05) is 6.92 Å². The Labute approximate surface area is 85.3 Å². The zero-order valence-corrected chi connectivity index (χ0v) is 8.45. The van der Waals surface area contributed by atoms with Crippen molar-refractivity contribution in [2.45, 2.75) is 13.3 Å². The molecule has 3 nitrogen and oxygen atoms in total. The number of nitrogens with zero attached hydrogens (tertiary/aromatic N) is 2. The van der Waals surface area contributed by atoms with Gasteiger partial charge < -0.3 is 5.32 Å². The molecule has 6 heteroatoms. The summed E-state index contributed by atoms with van der Waals surface area (Å²) in [7, 11) is 0. The van der Waals surface area contributed by atoms with E-state index in [0.29, 0.717) is 6.54 Å². The summed E-state index contributed by atoms with van der Waals surface area (Å²) in [5.41, 5.74) is 0.114. The smallest absolute Gasteiger partial charge is 0.257 e. The second-order valence-corrected chi connectivity index (χ2v) is 3.13. The number of hydrogen-bond acceptors (Lipinski definition) is 3. The molecule has 1 aromatic heterocycles. The number of anilines is 1. The molecule has 0 saturated heterocycles. The predicted molar refractivity (Wildman–Crippen MR) is 50.8 cm³/mol. The van der Waals surface area contributed by atoms with Crippen LogP contribution in [0, 0.1) is 5.95 Å². The first-order valence-electron chi connectivity index (χ1n) is 3.77. The fraction of sp³-hybridized carbons (Fsp3) is 0.429. The van der Waals surface area contributed by atoms with E-state index in [2.05, 4.69) is 15.5 Å². The van der Waals surface area contributed by atoms with E-state index in [1.165, 1.54) is 0 Å². The summed E-state index contributed by atoms with van der Waals surface area (Å²) in [6, 6.07) is 0. The zero-order valence-electron chi connectivity index (χ0n) is 6.94. The van der Waals surface area contributed by atoms with E-state index in [9.17, 15) is 4.39 Å². The highest BCUT2D eigenvalue weighted by atomic mass is 35.5. The van der Waals surface area contributed by atoms with Crippen LogP contribution in [0.15, 0.2) is 0 Å². The van der Waals surface area contributed by atoms with Crippen LogP contribution in [0.1, 0.15) is 13.3 Å². The molecule has 0 aliphatic carbocycles. The third-order valence-corrected chi connectivity index (χ3v) is 2.11. The predicted octanol–water partition coefficient (Wildman–Crippen LogP) is 2.74. The monoisotopic (exact) mass is 223 g/mol. The maximum absolute atomic E-state index is 13.0. The molecule has 72 valence electrons. The van der Waals surface area contributed by atoms with E-state index < -0.39 is 5.95 Å². The topological polar surface area (TPSA) is 37.8 Å². The van der Waals surface area contributed by atoms with E-state index in [1.54, 1.807) is 0 Å². The molecule has 1 rings (SSSR count). The maximum Gasteiger partial charge on any atom is 0.257 e. The van der Waals surface area contributed by atoms with Gasteiger partial charge in [0, 0.05) is 6.54 Å². The maximum atomic E-state index is 13.0. The largest absolute Gasteiger partial charge is 0.380 e. The summed E-state index contributed by atoms with van der Waals surface area (Å²) in [6.45, 7) is 2.56. The van der Waals surface area contributed by atoms with Crippen molar-refractivity contribution in [2.75, 3.05) is 11.9 Å². The second kappa shape index (κ2) is 4.58. The summed E-state index contributed by atoms with van der Waals surface area (Å²) in [6.07, 6.45) is 0.857. The molecule has 1 aromatic rings. The van der Waals surface area contributed by atoms with Crippen molar-refractivity contribution < 1.29 is 4.39 Å². The van der Waals surface area contributed by atoms with Gasteiger partial charge in [0.1, 0.15) is 10.7 Å². The SMILES string of the molecule is CCCNc1c(F)nnc(Cl)c1Cl. The lowest BCUT2D eigenvalue weighted by Gasteiger charge is -2.06. The standard InChI is InChI=1S/C7H8Cl2FN3/c1-2-3-11-5-4(8)6(9)12-13-7(5)10/h2-3H2,1H3,(H,11,12). The molecule has 0 unspecified atom stereocenters. The lowest BCUT2D eigenvalue weighted by atomic mass is 10.4. The average molecular weight is 224 g/mol. The van der Waals surface area contributed by atoms with Crippen LogP contribution in [0.4, 0.5) is 10.1 Å². The lowest BCUT2D eigenvalue weighted by Crippen LogP contribution is -2.05. The number of hydrogen-bond donors (Lipinski definition) is 1. The van der Waals surface area contributed by atoms with Gasteiger partial charge in [-0.15, -0.1) is 10.2 Å². The molecular formula is C7H8Cl2FN3. The summed E-state index contributed by atoms with van der Waals surface area (Å²) in [5.74, 6) is -0.733. The summed E-state index contributed by atoms with van der Waals surface area (Å²) < 4.78 is 13.0. The van der Waals surface area contributed by atoms with Gasteiger partial charge in [-0.1, -0.05) is 30.1 Å². The molecule has 0 atom stereocenters. The van der Waals surface area contributed by atoms with E-state index >= 15 is 0 Å². The van der Waals surface area contributed by atoms with Crippen LogP contribution in [0.5, 0.6) is 0 Å². The number of nitrogens with one attached hydrogen (secondary N) is 1. The molecule has 0 saturated carbocycles. The highest BCUT2D eigenvalue weighted by molar-refractivity contribution is 6.42. The van der Waals surface area contributed by atoms with Crippen LogP contribution in [-0.2, 0) is 0 Å². The third kappa shape index (κ3) is 2.42. The molecule has 0 bridgehead atoms. The molecule has 0 radical (unpaired) electrons. The Morgan fingerprint density at radius 1 is 1.38 bits per heavy atom. The Balaban J connectivity index is 2.96. The van der Waals surface area contributed by atoms with Crippen molar-refractivity contribution in [3.8, 4) is 0 Å². The summed E-state index contributed by atoms with van der Waals surface area (Å²) in [5, 5.41) is 9.36. The van der Waals surface area contributed by atoms with Gasteiger partial charge in [-0.2, -0.15) is 4.39 Å². The number of rotatable bonds is 3. The Morgan fingerprint density at radius 2 is 2.08 bits per heavy atom. The lowest BCUT2D eigenvalue weighted by molar-refractivity contribution is 0.566. The van der Waals surface area contributed by atoms with Crippen molar-refractivity contribution in [3.63, 3.8) is 0 Å². The van der Waals surface area contributed by atoms with Crippen LogP contribution in [-0.4, -0.2) is 16.7 Å². The second-order valence-electron chi connectivity index (χ2n) is 2.40. The van der Waals surface area contributed by atoms with Gasteiger partial charge in [-0.3, -0.25) is 0 Å². The van der Waals surface area contributed by atoms with Crippen molar-refractivity contribution in [3.05, 3.63) is 16.1 Å². The molecule has 0 aliphatic heterocycles. The molecule has 0 spiro atoms. The molecular weight excluding hydrogens is 216 g/mol. The number of halogens is 3. The van der Waals surface area contributed by atoms with Crippen LogP contribution < -0.4 is 5.32 Å². The van der Waals surface area contributed by atoms with Gasteiger partial charge in [-0.25, -0.2) is 0 Å². The van der Waals surface area contributed by atoms with Gasteiger partial charge in [0.25, 0.3) is 5.95 Å². The molecule has 1 N–H and O–H groups in total. The fourth-order valence-corrected chi connectivity index (χ4v) is 1.09. The van der Waals surface area contributed by atoms with Gasteiger partial charge in [0.15, 0.2) is 5.15 Å². The first kappa shape index (κ1) is 10.5. The fourth-order valence-electron chi connectivity index (χ4n) is 0.776. The van der Waals surface area contributed by atoms with E-state index in [-0.39, 0.29) is 15.9 Å². The normalized spacial score (nSPS) is 10.2. The quantitative estimate of drug-likeness (QED) is 0.857. The van der Waals surface area contributed by atoms with Gasteiger partial charge >= 0.3 is 0 Å². The Morgan fingerprint density at radius 3 is 2.69 bits per heavy atom. The van der Waals surface area contributed by atoms with Crippen LogP contribution in [0.3, 0.4) is 0 Å². The summed E-state index contributed by atoms with van der Waals surface area (Å²) >= 11 is 11.2. The third-order valence-electron chi connectivity index (χ3n) is 1.38. The minimum Gasteiger partial charge on any atom is -0.380 e.